The summed E-state index contributed by atoms with van der Waals surface area (Å²) in [5.41, 5.74) is 0.662. The number of barbiturate groups is 1. The summed E-state index contributed by atoms with van der Waals surface area (Å²) in [6.07, 6.45) is 1.29. The average Bonchev–Trinajstić information content (AvgIpc) is 2.72. The van der Waals surface area contributed by atoms with Crippen LogP contribution < -0.4 is 25.4 Å². The molecule has 3 N–H and O–H groups in total. The summed E-state index contributed by atoms with van der Waals surface area (Å²) in [6.45, 7) is -0.316. The molecule has 0 radical (unpaired) electrons. The first-order chi connectivity index (χ1) is 14.8. The molecule has 3 rings (SSSR count). The minimum absolute atomic E-state index is 0.240. The lowest BCUT2D eigenvalue weighted by Crippen LogP contribution is -2.51. The van der Waals surface area contributed by atoms with Gasteiger partial charge in [0.25, 0.3) is 17.7 Å². The molecule has 5 amide bonds. The lowest BCUT2D eigenvalue weighted by atomic mass is 10.1. The minimum atomic E-state index is -0.882. The number of nitrogens with one attached hydrogen (secondary N) is 3. The van der Waals surface area contributed by atoms with Crippen LogP contribution in [0.3, 0.4) is 0 Å². The van der Waals surface area contributed by atoms with Gasteiger partial charge in [-0.25, -0.2) is 4.79 Å². The molecule has 2 aromatic rings. The molecule has 0 bridgehead atoms. The predicted molar refractivity (Wildman–Crippen MR) is 113 cm³/mol. The maximum Gasteiger partial charge on any atom is 0.328 e. The second-order valence-corrected chi connectivity index (χ2v) is 6.99. The van der Waals surface area contributed by atoms with Crippen molar-refractivity contribution in [2.45, 2.75) is 0 Å². The van der Waals surface area contributed by atoms with Crippen LogP contribution in [-0.2, 0) is 14.4 Å². The van der Waals surface area contributed by atoms with Crippen LogP contribution in [0.1, 0.15) is 5.56 Å². The first-order valence-electron chi connectivity index (χ1n) is 8.71. The summed E-state index contributed by atoms with van der Waals surface area (Å²) >= 11 is 11.8. The van der Waals surface area contributed by atoms with E-state index in [1.165, 1.54) is 31.4 Å². The van der Waals surface area contributed by atoms with Gasteiger partial charge in [0.05, 0.1) is 17.2 Å². The van der Waals surface area contributed by atoms with E-state index in [0.29, 0.717) is 21.3 Å². The van der Waals surface area contributed by atoms with Gasteiger partial charge in [0.2, 0.25) is 0 Å². The molecule has 1 heterocycles. The van der Waals surface area contributed by atoms with Crippen molar-refractivity contribution in [1.82, 2.24) is 10.6 Å². The molecular weight excluding hydrogens is 449 g/mol. The van der Waals surface area contributed by atoms with Crippen molar-refractivity contribution in [2.24, 2.45) is 0 Å². The average molecular weight is 464 g/mol. The van der Waals surface area contributed by atoms with Crippen molar-refractivity contribution < 1.29 is 28.7 Å². The molecule has 0 atom stereocenters. The second kappa shape index (κ2) is 9.50. The Hall–Kier alpha value is -3.56. The lowest BCUT2D eigenvalue weighted by molar-refractivity contribution is -0.124. The second-order valence-electron chi connectivity index (χ2n) is 6.17. The molecule has 0 spiro atoms. The summed E-state index contributed by atoms with van der Waals surface area (Å²) in [4.78, 5) is 46.9. The number of rotatable bonds is 6. The van der Waals surface area contributed by atoms with Gasteiger partial charge in [0.1, 0.15) is 5.57 Å². The Morgan fingerprint density at radius 2 is 1.71 bits per heavy atom. The third kappa shape index (κ3) is 5.53. The van der Waals surface area contributed by atoms with Crippen LogP contribution in [0.25, 0.3) is 6.08 Å². The molecule has 31 heavy (non-hydrogen) atoms. The first kappa shape index (κ1) is 22.1. The monoisotopic (exact) mass is 463 g/mol. The molecular formula is C20H15Cl2N3O6. The zero-order chi connectivity index (χ0) is 22.5. The fourth-order valence-electron chi connectivity index (χ4n) is 2.58. The number of halogens is 2. The van der Waals surface area contributed by atoms with Crippen LogP contribution in [0, 0.1) is 0 Å². The van der Waals surface area contributed by atoms with Gasteiger partial charge in [0, 0.05) is 5.69 Å². The van der Waals surface area contributed by atoms with Crippen LogP contribution in [0.4, 0.5) is 10.5 Å². The van der Waals surface area contributed by atoms with E-state index in [9.17, 15) is 19.2 Å². The quantitative estimate of drug-likeness (QED) is 0.447. The van der Waals surface area contributed by atoms with E-state index in [1.54, 1.807) is 18.2 Å². The Morgan fingerprint density at radius 1 is 1.00 bits per heavy atom. The van der Waals surface area contributed by atoms with Gasteiger partial charge in [-0.1, -0.05) is 29.3 Å². The normalized spacial score (nSPS) is 13.3. The van der Waals surface area contributed by atoms with Crippen LogP contribution in [0.5, 0.6) is 11.5 Å². The third-order valence-electron chi connectivity index (χ3n) is 4.00. The van der Waals surface area contributed by atoms with Crippen LogP contribution in [-0.4, -0.2) is 37.5 Å². The first-order valence-corrected chi connectivity index (χ1v) is 9.46. The Kier molecular flexibility index (Phi) is 6.78. The maximum atomic E-state index is 12.1. The van der Waals surface area contributed by atoms with Crippen molar-refractivity contribution in [3.8, 4) is 11.5 Å². The largest absolute Gasteiger partial charge is 0.493 e. The van der Waals surface area contributed by atoms with Gasteiger partial charge in [0.15, 0.2) is 18.1 Å². The summed E-state index contributed by atoms with van der Waals surface area (Å²) < 4.78 is 10.7. The number of amides is 5. The van der Waals surface area contributed by atoms with Crippen molar-refractivity contribution in [2.75, 3.05) is 19.0 Å². The molecule has 1 fully saturated rings. The summed E-state index contributed by atoms with van der Waals surface area (Å²) in [7, 11) is 1.40. The molecule has 0 aromatic heterocycles. The highest BCUT2D eigenvalue weighted by Gasteiger charge is 2.27. The highest BCUT2D eigenvalue weighted by atomic mass is 35.5. The molecule has 9 nitrogen and oxygen atoms in total. The van der Waals surface area contributed by atoms with E-state index in [-0.39, 0.29) is 23.7 Å². The van der Waals surface area contributed by atoms with Crippen molar-refractivity contribution in [3.63, 3.8) is 0 Å². The maximum absolute atomic E-state index is 12.1. The van der Waals surface area contributed by atoms with E-state index < -0.39 is 23.8 Å². The summed E-state index contributed by atoms with van der Waals surface area (Å²) in [5, 5.41) is 7.26. The van der Waals surface area contributed by atoms with E-state index in [0.717, 1.165) is 0 Å². The number of hydrogen-bond acceptors (Lipinski definition) is 6. The zero-order valence-corrected chi connectivity index (χ0v) is 17.5. The molecule has 1 aliphatic rings. The van der Waals surface area contributed by atoms with Gasteiger partial charge in [-0.3, -0.25) is 25.0 Å². The Morgan fingerprint density at radius 3 is 2.35 bits per heavy atom. The highest BCUT2D eigenvalue weighted by molar-refractivity contribution is 6.42. The van der Waals surface area contributed by atoms with Gasteiger partial charge in [-0.2, -0.15) is 0 Å². The number of methoxy groups -OCH3 is 1. The molecule has 11 heteroatoms. The highest BCUT2D eigenvalue weighted by Crippen LogP contribution is 2.29. The Labute approximate surface area is 186 Å². The lowest BCUT2D eigenvalue weighted by Gasteiger charge is -2.15. The van der Waals surface area contributed by atoms with Crippen molar-refractivity contribution in [3.05, 3.63) is 57.6 Å². The molecule has 0 aliphatic carbocycles. The topological polar surface area (TPSA) is 123 Å². The number of benzene rings is 2. The summed E-state index contributed by atoms with van der Waals surface area (Å²) in [5.74, 6) is -1.53. The van der Waals surface area contributed by atoms with Crippen molar-refractivity contribution >= 4 is 58.7 Å². The number of anilines is 1. The smallest absolute Gasteiger partial charge is 0.328 e. The SMILES string of the molecule is COc1cc(C=C2C(=O)NC(=O)NC2=O)ccc1OCC(=O)Nc1ccc(Cl)c(Cl)c1. The fraction of sp³-hybridized carbons (Fsp3) is 0.100. The number of imide groups is 2. The Balaban J connectivity index is 1.68. The van der Waals surface area contributed by atoms with E-state index in [2.05, 4.69) is 5.32 Å². The van der Waals surface area contributed by atoms with Crippen molar-refractivity contribution in [1.29, 1.82) is 0 Å². The number of carbonyl (C=O) groups is 4. The molecule has 160 valence electrons. The Bertz CT molecular complexity index is 1090. The van der Waals surface area contributed by atoms with Gasteiger partial charge >= 0.3 is 6.03 Å². The molecule has 0 saturated carbocycles. The number of carbonyl (C=O) groups excluding carboxylic acids is 4. The molecule has 0 unspecified atom stereocenters. The predicted octanol–water partition coefficient (Wildman–Crippen LogP) is 2.77. The molecule has 1 saturated heterocycles. The van der Waals surface area contributed by atoms with Crippen LogP contribution >= 0.6 is 23.2 Å². The third-order valence-corrected chi connectivity index (χ3v) is 4.74. The van der Waals surface area contributed by atoms with E-state index in [1.807, 2.05) is 10.6 Å². The summed E-state index contributed by atoms with van der Waals surface area (Å²) in [6, 6.07) is 8.36. The standard InChI is InChI=1S/C20H15Cl2N3O6/c1-30-16-7-10(6-12-18(27)24-20(29)25-19(12)28)2-5-15(16)31-9-17(26)23-11-3-4-13(21)14(22)8-11/h2-8H,9H2,1H3,(H,23,26)(H2,24,25,27,28,29). The van der Waals surface area contributed by atoms with Crippen LogP contribution in [0.2, 0.25) is 10.0 Å². The fourth-order valence-corrected chi connectivity index (χ4v) is 2.88. The number of hydrogen-bond donors (Lipinski definition) is 3. The minimum Gasteiger partial charge on any atom is -0.493 e. The van der Waals surface area contributed by atoms with Gasteiger partial charge in [-0.15, -0.1) is 0 Å². The van der Waals surface area contributed by atoms with Crippen LogP contribution in [0.15, 0.2) is 42.0 Å². The van der Waals surface area contributed by atoms with Gasteiger partial charge in [-0.05, 0) is 42.0 Å². The molecule has 1 aliphatic heterocycles. The number of ether oxygens (including phenoxy) is 2. The zero-order valence-electron chi connectivity index (χ0n) is 16.0. The van der Waals surface area contributed by atoms with E-state index in [4.69, 9.17) is 32.7 Å². The van der Waals surface area contributed by atoms with Gasteiger partial charge < -0.3 is 14.8 Å². The number of urea groups is 1. The molecule has 2 aromatic carbocycles. The van der Waals surface area contributed by atoms with E-state index >= 15 is 0 Å².